The number of hydrogen-bond donors (Lipinski definition) is 2. The molecule has 7 nitrogen and oxygen atoms in total. The Bertz CT molecular complexity index is 883. The first-order chi connectivity index (χ1) is 11.8. The number of hydrogen-bond acceptors (Lipinski definition) is 4. The van der Waals surface area contributed by atoms with Crippen LogP contribution < -0.4 is 5.32 Å². The van der Waals surface area contributed by atoms with Gasteiger partial charge in [-0.3, -0.25) is 9.48 Å². The summed E-state index contributed by atoms with van der Waals surface area (Å²) in [6.45, 7) is 1.61. The van der Waals surface area contributed by atoms with Gasteiger partial charge in [0.05, 0.1) is 18.4 Å². The van der Waals surface area contributed by atoms with Gasteiger partial charge in [0, 0.05) is 25.0 Å². The molecule has 2 N–H and O–H groups in total. The lowest BCUT2D eigenvalue weighted by molar-refractivity contribution is 0.0524. The van der Waals surface area contributed by atoms with Gasteiger partial charge in [-0.15, -0.1) is 0 Å². The minimum absolute atomic E-state index is 0.0148. The van der Waals surface area contributed by atoms with Crippen LogP contribution in [-0.2, 0) is 12.6 Å². The fraction of sp³-hybridized carbons (Fsp3) is 0.235. The molecule has 0 aliphatic carbocycles. The third-order valence-corrected chi connectivity index (χ3v) is 3.83. The lowest BCUT2D eigenvalue weighted by Crippen LogP contribution is -2.38. The van der Waals surface area contributed by atoms with Crippen molar-refractivity contribution in [3.05, 3.63) is 66.0 Å². The van der Waals surface area contributed by atoms with E-state index in [1.54, 1.807) is 55.4 Å². The number of aromatic nitrogens is 4. The molecule has 0 bridgehead atoms. The van der Waals surface area contributed by atoms with E-state index in [9.17, 15) is 14.3 Å². The molecule has 1 atom stereocenters. The molecule has 2 heterocycles. The maximum atomic E-state index is 13.0. The zero-order chi connectivity index (χ0) is 18.0. The summed E-state index contributed by atoms with van der Waals surface area (Å²) in [5.41, 5.74) is 0.199. The van der Waals surface area contributed by atoms with Gasteiger partial charge < -0.3 is 10.4 Å². The Hall–Kier alpha value is -3.00. The molecule has 0 radical (unpaired) electrons. The second-order valence-corrected chi connectivity index (χ2v) is 5.98. The Morgan fingerprint density at radius 1 is 1.32 bits per heavy atom. The topological polar surface area (TPSA) is 85.0 Å². The van der Waals surface area contributed by atoms with E-state index in [1.165, 1.54) is 16.8 Å². The van der Waals surface area contributed by atoms with Gasteiger partial charge in [0.15, 0.2) is 5.69 Å². The fourth-order valence-electron chi connectivity index (χ4n) is 2.33. The number of benzene rings is 1. The molecule has 0 fully saturated rings. The molecule has 1 unspecified atom stereocenters. The van der Waals surface area contributed by atoms with Crippen molar-refractivity contribution in [2.24, 2.45) is 7.05 Å². The number of halogens is 1. The van der Waals surface area contributed by atoms with Crippen LogP contribution in [0.25, 0.3) is 5.69 Å². The van der Waals surface area contributed by atoms with E-state index >= 15 is 0 Å². The van der Waals surface area contributed by atoms with Crippen LogP contribution >= 0.6 is 0 Å². The lowest BCUT2D eigenvalue weighted by atomic mass is 10.00. The highest BCUT2D eigenvalue weighted by molar-refractivity contribution is 5.92. The number of rotatable bonds is 5. The van der Waals surface area contributed by atoms with E-state index in [2.05, 4.69) is 15.5 Å². The van der Waals surface area contributed by atoms with Crippen molar-refractivity contribution in [1.29, 1.82) is 0 Å². The van der Waals surface area contributed by atoms with Gasteiger partial charge in [-0.1, -0.05) is 0 Å². The minimum Gasteiger partial charge on any atom is -0.383 e. The molecule has 0 saturated heterocycles. The van der Waals surface area contributed by atoms with E-state index in [4.69, 9.17) is 0 Å². The van der Waals surface area contributed by atoms with Crippen molar-refractivity contribution in [3.63, 3.8) is 0 Å². The zero-order valence-corrected chi connectivity index (χ0v) is 13.8. The van der Waals surface area contributed by atoms with Gasteiger partial charge in [-0.05, 0) is 37.3 Å². The molecule has 8 heteroatoms. The van der Waals surface area contributed by atoms with Crippen molar-refractivity contribution >= 4 is 5.91 Å². The highest BCUT2D eigenvalue weighted by Gasteiger charge is 2.26. The molecule has 0 saturated carbocycles. The van der Waals surface area contributed by atoms with Crippen LogP contribution in [0, 0.1) is 5.82 Å². The number of amides is 1. The second-order valence-electron chi connectivity index (χ2n) is 5.98. The molecule has 1 aromatic carbocycles. The summed E-state index contributed by atoms with van der Waals surface area (Å²) in [6, 6.07) is 7.33. The summed E-state index contributed by atoms with van der Waals surface area (Å²) in [5.74, 6) is -0.753. The third-order valence-electron chi connectivity index (χ3n) is 3.83. The van der Waals surface area contributed by atoms with Gasteiger partial charge in [0.25, 0.3) is 5.91 Å². The van der Waals surface area contributed by atoms with Gasteiger partial charge >= 0.3 is 0 Å². The Morgan fingerprint density at radius 3 is 2.68 bits per heavy atom. The molecule has 0 aliphatic rings. The highest BCUT2D eigenvalue weighted by atomic mass is 19.1. The standard InChI is InChI=1S/C17H18FN5O2/c1-17(25,12-9-20-22(2)10-12)11-19-16(24)15-7-8-23(21-15)14-5-3-13(18)4-6-14/h3-10,25H,11H2,1-2H3,(H,19,24). The number of aryl methyl sites for hydroxylation is 1. The van der Waals surface area contributed by atoms with Gasteiger partial charge in [0.1, 0.15) is 11.4 Å². The Morgan fingerprint density at radius 2 is 2.04 bits per heavy atom. The zero-order valence-electron chi connectivity index (χ0n) is 13.8. The molecule has 3 aromatic rings. The van der Waals surface area contributed by atoms with Crippen molar-refractivity contribution in [3.8, 4) is 5.69 Å². The Labute approximate surface area is 143 Å². The second kappa shape index (κ2) is 6.48. The lowest BCUT2D eigenvalue weighted by Gasteiger charge is -2.21. The van der Waals surface area contributed by atoms with Gasteiger partial charge in [-0.2, -0.15) is 10.2 Å². The summed E-state index contributed by atoms with van der Waals surface area (Å²) in [7, 11) is 1.75. The Balaban J connectivity index is 1.67. The number of carbonyl (C=O) groups excluding carboxylic acids is 1. The average molecular weight is 343 g/mol. The summed E-state index contributed by atoms with van der Waals surface area (Å²) in [4.78, 5) is 12.2. The largest absolute Gasteiger partial charge is 0.383 e. The molecular weight excluding hydrogens is 325 g/mol. The maximum absolute atomic E-state index is 13.0. The normalized spacial score (nSPS) is 13.4. The van der Waals surface area contributed by atoms with E-state index in [-0.39, 0.29) is 18.1 Å². The van der Waals surface area contributed by atoms with Crippen LogP contribution in [0.5, 0.6) is 0 Å². The first-order valence-electron chi connectivity index (χ1n) is 7.66. The van der Waals surface area contributed by atoms with E-state index in [1.807, 2.05) is 0 Å². The third kappa shape index (κ3) is 3.74. The van der Waals surface area contributed by atoms with Gasteiger partial charge in [-0.25, -0.2) is 9.07 Å². The van der Waals surface area contributed by atoms with Gasteiger partial charge in [0.2, 0.25) is 0 Å². The van der Waals surface area contributed by atoms with Crippen molar-refractivity contribution in [2.75, 3.05) is 6.54 Å². The van der Waals surface area contributed by atoms with Crippen molar-refractivity contribution in [1.82, 2.24) is 24.9 Å². The molecular formula is C17H18FN5O2. The van der Waals surface area contributed by atoms with E-state index in [0.717, 1.165) is 0 Å². The summed E-state index contributed by atoms with van der Waals surface area (Å²) in [6.07, 6.45) is 4.85. The fourth-order valence-corrected chi connectivity index (χ4v) is 2.33. The number of nitrogens with zero attached hydrogens (tertiary/aromatic N) is 4. The minimum atomic E-state index is -1.25. The molecule has 1 amide bonds. The van der Waals surface area contributed by atoms with Crippen LogP contribution in [-0.4, -0.2) is 37.1 Å². The maximum Gasteiger partial charge on any atom is 0.271 e. The van der Waals surface area contributed by atoms with Crippen LogP contribution in [0.2, 0.25) is 0 Å². The molecule has 25 heavy (non-hydrogen) atoms. The first-order valence-corrected chi connectivity index (χ1v) is 7.66. The average Bonchev–Trinajstić information content (AvgIpc) is 3.23. The van der Waals surface area contributed by atoms with E-state index < -0.39 is 11.5 Å². The predicted molar refractivity (Wildman–Crippen MR) is 88.6 cm³/mol. The van der Waals surface area contributed by atoms with Crippen LogP contribution in [0.15, 0.2) is 48.9 Å². The molecule has 130 valence electrons. The predicted octanol–water partition coefficient (Wildman–Crippen LogP) is 1.38. The Kier molecular flexibility index (Phi) is 4.37. The van der Waals surface area contributed by atoms with Crippen molar-refractivity contribution < 1.29 is 14.3 Å². The molecule has 2 aromatic heterocycles. The van der Waals surface area contributed by atoms with E-state index in [0.29, 0.717) is 11.3 Å². The number of carbonyl (C=O) groups is 1. The van der Waals surface area contributed by atoms with Crippen LogP contribution in [0.4, 0.5) is 4.39 Å². The highest BCUT2D eigenvalue weighted by Crippen LogP contribution is 2.18. The quantitative estimate of drug-likeness (QED) is 0.733. The van der Waals surface area contributed by atoms with Crippen LogP contribution in [0.3, 0.4) is 0 Å². The van der Waals surface area contributed by atoms with Crippen molar-refractivity contribution in [2.45, 2.75) is 12.5 Å². The molecule has 3 rings (SSSR count). The number of aliphatic hydroxyl groups is 1. The molecule has 0 spiro atoms. The smallest absolute Gasteiger partial charge is 0.271 e. The molecule has 0 aliphatic heterocycles. The SMILES string of the molecule is Cn1cc(C(C)(O)CNC(=O)c2ccn(-c3ccc(F)cc3)n2)cn1. The summed E-state index contributed by atoms with van der Waals surface area (Å²) >= 11 is 0. The first kappa shape index (κ1) is 16.8. The summed E-state index contributed by atoms with van der Waals surface area (Å²) < 4.78 is 16.0. The van der Waals surface area contributed by atoms with Crippen LogP contribution in [0.1, 0.15) is 23.0 Å². The monoisotopic (exact) mass is 343 g/mol. The number of nitrogens with one attached hydrogen (secondary N) is 1. The summed E-state index contributed by atoms with van der Waals surface area (Å²) in [5, 5.41) is 21.3.